The second-order valence-electron chi connectivity index (χ2n) is 6.79. The average molecular weight is 304 g/mol. The van der Waals surface area contributed by atoms with Crippen LogP contribution in [0.4, 0.5) is 0 Å². The quantitative estimate of drug-likeness (QED) is 0.352. The van der Waals surface area contributed by atoms with Crippen LogP contribution in [0, 0.1) is 5.41 Å². The van der Waals surface area contributed by atoms with Crippen LogP contribution in [0.25, 0.3) is 27.3 Å². The molecule has 0 aliphatic rings. The molecular weight excluding hydrogens is 284 g/mol. The molecule has 3 aromatic carbocycles. The first-order chi connectivity index (χ1) is 10.9. The second-order valence-corrected chi connectivity index (χ2v) is 6.79. The molecule has 0 aromatic heterocycles. The molecule has 2 nitrogen and oxygen atoms in total. The van der Waals surface area contributed by atoms with Crippen LogP contribution in [0.15, 0.2) is 61.2 Å². The minimum Gasteiger partial charge on any atom is -0.426 e. The summed E-state index contributed by atoms with van der Waals surface area (Å²) in [5.41, 5.74) is 0.297. The van der Waals surface area contributed by atoms with E-state index in [9.17, 15) is 4.79 Å². The molecule has 0 N–H and O–H groups in total. The molecule has 0 fully saturated rings. The van der Waals surface area contributed by atoms with Gasteiger partial charge < -0.3 is 4.74 Å². The van der Waals surface area contributed by atoms with Crippen molar-refractivity contribution in [3.63, 3.8) is 0 Å². The topological polar surface area (TPSA) is 26.3 Å². The maximum absolute atomic E-state index is 12.1. The summed E-state index contributed by atoms with van der Waals surface area (Å²) in [4.78, 5) is 12.1. The highest BCUT2D eigenvalue weighted by atomic mass is 16.5. The number of benzene rings is 3. The summed E-state index contributed by atoms with van der Waals surface area (Å²) < 4.78 is 5.49. The molecule has 0 saturated heterocycles. The third kappa shape index (κ3) is 2.98. The number of esters is 1. The molecular formula is C21H20O2. The monoisotopic (exact) mass is 304 g/mol. The number of hydrogen-bond acceptors (Lipinski definition) is 2. The zero-order valence-corrected chi connectivity index (χ0v) is 13.7. The number of carbonyl (C=O) groups is 1. The molecule has 0 saturated carbocycles. The lowest BCUT2D eigenvalue weighted by molar-refractivity contribution is -0.145. The largest absolute Gasteiger partial charge is 0.426 e. The average Bonchev–Trinajstić information content (AvgIpc) is 2.51. The standard InChI is InChI=1S/C21H20O2/c1-14(23-20(22)21(2,3)4)18-11-7-10-17-12-15-8-5-6-9-16(15)13-19(17)18/h5-13H,1H2,2-4H3. The zero-order valence-electron chi connectivity index (χ0n) is 13.7. The van der Waals surface area contributed by atoms with Gasteiger partial charge in [0.1, 0.15) is 5.76 Å². The van der Waals surface area contributed by atoms with E-state index in [-0.39, 0.29) is 5.97 Å². The predicted octanol–water partition coefficient (Wildman–Crippen LogP) is 5.55. The summed E-state index contributed by atoms with van der Waals surface area (Å²) in [6, 6.07) is 18.4. The van der Waals surface area contributed by atoms with Crippen molar-refractivity contribution >= 4 is 33.3 Å². The minimum atomic E-state index is -0.555. The molecule has 23 heavy (non-hydrogen) atoms. The van der Waals surface area contributed by atoms with Gasteiger partial charge in [-0.05, 0) is 54.4 Å². The van der Waals surface area contributed by atoms with Crippen LogP contribution in [0.2, 0.25) is 0 Å². The van der Waals surface area contributed by atoms with Crippen LogP contribution >= 0.6 is 0 Å². The molecule has 0 spiro atoms. The Bertz CT molecular complexity index is 914. The van der Waals surface area contributed by atoms with Crippen molar-refractivity contribution < 1.29 is 9.53 Å². The number of carbonyl (C=O) groups excluding carboxylic acids is 1. The molecule has 0 aliphatic heterocycles. The van der Waals surface area contributed by atoms with E-state index in [1.165, 1.54) is 5.39 Å². The number of fused-ring (bicyclic) bond motifs is 2. The maximum Gasteiger partial charge on any atom is 0.316 e. The molecule has 0 atom stereocenters. The first-order valence-electron chi connectivity index (χ1n) is 7.69. The van der Waals surface area contributed by atoms with Crippen molar-refractivity contribution in [1.82, 2.24) is 0 Å². The molecule has 0 amide bonds. The number of ether oxygens (including phenoxy) is 1. The smallest absolute Gasteiger partial charge is 0.316 e. The second kappa shape index (κ2) is 5.54. The van der Waals surface area contributed by atoms with Gasteiger partial charge in [-0.2, -0.15) is 0 Å². The number of rotatable bonds is 2. The van der Waals surface area contributed by atoms with Crippen LogP contribution in [-0.2, 0) is 9.53 Å². The molecule has 0 radical (unpaired) electrons. The first kappa shape index (κ1) is 15.3. The van der Waals surface area contributed by atoms with Gasteiger partial charge >= 0.3 is 5.97 Å². The van der Waals surface area contributed by atoms with Crippen LogP contribution in [0.5, 0.6) is 0 Å². The van der Waals surface area contributed by atoms with E-state index in [0.717, 1.165) is 21.7 Å². The fourth-order valence-corrected chi connectivity index (χ4v) is 2.53. The van der Waals surface area contributed by atoms with Gasteiger partial charge in [-0.3, -0.25) is 4.79 Å². The first-order valence-corrected chi connectivity index (χ1v) is 7.69. The summed E-state index contributed by atoms with van der Waals surface area (Å²) in [5.74, 6) is 0.117. The lowest BCUT2D eigenvalue weighted by Crippen LogP contribution is -2.22. The van der Waals surface area contributed by atoms with E-state index in [1.54, 1.807) is 0 Å². The van der Waals surface area contributed by atoms with Gasteiger partial charge in [0.2, 0.25) is 0 Å². The molecule has 0 unspecified atom stereocenters. The Hall–Kier alpha value is -2.61. The highest BCUT2D eigenvalue weighted by Crippen LogP contribution is 2.30. The van der Waals surface area contributed by atoms with Crippen molar-refractivity contribution in [1.29, 1.82) is 0 Å². The van der Waals surface area contributed by atoms with Crippen molar-refractivity contribution in [2.45, 2.75) is 20.8 Å². The van der Waals surface area contributed by atoms with Crippen molar-refractivity contribution in [2.75, 3.05) is 0 Å². The molecule has 2 heteroatoms. The number of hydrogen-bond donors (Lipinski definition) is 0. The van der Waals surface area contributed by atoms with E-state index in [1.807, 2.05) is 45.0 Å². The van der Waals surface area contributed by atoms with E-state index in [2.05, 4.69) is 36.9 Å². The summed E-state index contributed by atoms with van der Waals surface area (Å²) in [7, 11) is 0. The van der Waals surface area contributed by atoms with Gasteiger partial charge in [-0.15, -0.1) is 0 Å². The van der Waals surface area contributed by atoms with Gasteiger partial charge in [-0.1, -0.05) is 49.0 Å². The van der Waals surface area contributed by atoms with Gasteiger partial charge in [0, 0.05) is 5.56 Å². The Morgan fingerprint density at radius 3 is 2.17 bits per heavy atom. The third-order valence-electron chi connectivity index (χ3n) is 3.88. The Balaban J connectivity index is 2.08. The Kier molecular flexibility index (Phi) is 3.69. The van der Waals surface area contributed by atoms with Gasteiger partial charge in [0.05, 0.1) is 5.41 Å². The molecule has 3 rings (SSSR count). The Labute approximate surface area is 136 Å². The summed E-state index contributed by atoms with van der Waals surface area (Å²) >= 11 is 0. The highest BCUT2D eigenvalue weighted by molar-refractivity contribution is 6.03. The van der Waals surface area contributed by atoms with Crippen LogP contribution < -0.4 is 0 Å². The van der Waals surface area contributed by atoms with E-state index >= 15 is 0 Å². The van der Waals surface area contributed by atoms with E-state index in [4.69, 9.17) is 4.74 Å². The summed E-state index contributed by atoms with van der Waals surface area (Å²) in [6.45, 7) is 9.46. The fourth-order valence-electron chi connectivity index (χ4n) is 2.53. The predicted molar refractivity (Wildman–Crippen MR) is 96.0 cm³/mol. The summed E-state index contributed by atoms with van der Waals surface area (Å²) in [6.07, 6.45) is 0. The van der Waals surface area contributed by atoms with Crippen LogP contribution in [0.3, 0.4) is 0 Å². The summed E-state index contributed by atoms with van der Waals surface area (Å²) in [5, 5.41) is 4.49. The van der Waals surface area contributed by atoms with Crippen molar-refractivity contribution in [3.05, 3.63) is 66.7 Å². The van der Waals surface area contributed by atoms with Crippen molar-refractivity contribution in [3.8, 4) is 0 Å². The van der Waals surface area contributed by atoms with Crippen LogP contribution in [0.1, 0.15) is 26.3 Å². The van der Waals surface area contributed by atoms with E-state index in [0.29, 0.717) is 5.76 Å². The molecule has 0 aliphatic carbocycles. The van der Waals surface area contributed by atoms with Gasteiger partial charge in [-0.25, -0.2) is 0 Å². The molecule has 3 aromatic rings. The fraction of sp³-hybridized carbons (Fsp3) is 0.190. The van der Waals surface area contributed by atoms with Gasteiger partial charge in [0.25, 0.3) is 0 Å². The van der Waals surface area contributed by atoms with E-state index < -0.39 is 5.41 Å². The SMILES string of the molecule is C=C(OC(=O)C(C)(C)C)c1cccc2cc3ccccc3cc12. The normalized spacial score (nSPS) is 11.6. The Morgan fingerprint density at radius 2 is 1.52 bits per heavy atom. The lowest BCUT2D eigenvalue weighted by atomic mass is 9.97. The molecule has 116 valence electrons. The zero-order chi connectivity index (χ0) is 16.6. The highest BCUT2D eigenvalue weighted by Gasteiger charge is 2.24. The van der Waals surface area contributed by atoms with Crippen molar-refractivity contribution in [2.24, 2.45) is 5.41 Å². The molecule has 0 bridgehead atoms. The maximum atomic E-state index is 12.1. The lowest BCUT2D eigenvalue weighted by Gasteiger charge is -2.18. The Morgan fingerprint density at radius 1 is 0.913 bits per heavy atom. The van der Waals surface area contributed by atoms with Gasteiger partial charge in [0.15, 0.2) is 0 Å². The molecule has 0 heterocycles. The van der Waals surface area contributed by atoms with Crippen LogP contribution in [-0.4, -0.2) is 5.97 Å². The third-order valence-corrected chi connectivity index (χ3v) is 3.88. The minimum absolute atomic E-state index is 0.278.